The van der Waals surface area contributed by atoms with Crippen molar-refractivity contribution in [1.82, 2.24) is 15.6 Å². The van der Waals surface area contributed by atoms with Gasteiger partial charge in [-0.1, -0.05) is 0 Å². The van der Waals surface area contributed by atoms with E-state index in [0.29, 0.717) is 12.0 Å². The summed E-state index contributed by atoms with van der Waals surface area (Å²) in [6.45, 7) is 3.46. The summed E-state index contributed by atoms with van der Waals surface area (Å²) in [7, 11) is 0. The average molecular weight is 237 g/mol. The summed E-state index contributed by atoms with van der Waals surface area (Å²) in [4.78, 5) is 4.84. The molecule has 2 aliphatic heterocycles. The van der Waals surface area contributed by atoms with E-state index in [1.165, 1.54) is 36.4 Å². The quantitative estimate of drug-likeness (QED) is 0.826. The number of nitrogens with zero attached hydrogens (tertiary/aromatic N) is 1. The van der Waals surface area contributed by atoms with Gasteiger partial charge in [-0.15, -0.1) is 11.3 Å². The zero-order valence-electron chi connectivity index (χ0n) is 9.54. The highest BCUT2D eigenvalue weighted by Gasteiger charge is 2.22. The van der Waals surface area contributed by atoms with Crippen molar-refractivity contribution in [2.75, 3.05) is 19.6 Å². The highest BCUT2D eigenvalue weighted by molar-refractivity contribution is 7.09. The first kappa shape index (κ1) is 10.7. The van der Waals surface area contributed by atoms with Gasteiger partial charge in [0, 0.05) is 11.3 Å². The topological polar surface area (TPSA) is 37.0 Å². The summed E-state index contributed by atoms with van der Waals surface area (Å²) in [5.41, 5.74) is 1.34. The van der Waals surface area contributed by atoms with Gasteiger partial charge in [-0.25, -0.2) is 4.98 Å². The lowest BCUT2D eigenvalue weighted by molar-refractivity contribution is 0.453. The third-order valence-corrected chi connectivity index (χ3v) is 4.63. The minimum atomic E-state index is 0.542. The molecular weight excluding hydrogens is 218 g/mol. The number of rotatable bonds is 2. The third-order valence-electron chi connectivity index (χ3n) is 3.66. The zero-order valence-corrected chi connectivity index (χ0v) is 10.4. The molecule has 1 atom stereocenters. The Kier molecular flexibility index (Phi) is 3.22. The van der Waals surface area contributed by atoms with Crippen molar-refractivity contribution in [3.63, 3.8) is 0 Å². The predicted octanol–water partition coefficient (Wildman–Crippen LogP) is 2.03. The highest BCUT2D eigenvalue weighted by atomic mass is 32.1. The zero-order chi connectivity index (χ0) is 10.8. The van der Waals surface area contributed by atoms with E-state index in [4.69, 9.17) is 4.98 Å². The smallest absolute Gasteiger partial charge is 0.110 e. The lowest BCUT2D eigenvalue weighted by Crippen LogP contribution is -2.26. The monoisotopic (exact) mass is 237 g/mol. The van der Waals surface area contributed by atoms with Crippen LogP contribution in [0.2, 0.25) is 0 Å². The molecule has 0 bridgehead atoms. The van der Waals surface area contributed by atoms with Crippen LogP contribution in [0.25, 0.3) is 0 Å². The second kappa shape index (κ2) is 4.82. The molecule has 3 rings (SSSR count). The number of hydrogen-bond donors (Lipinski definition) is 2. The Morgan fingerprint density at radius 3 is 2.81 bits per heavy atom. The maximum absolute atomic E-state index is 4.84. The summed E-state index contributed by atoms with van der Waals surface area (Å²) in [5.74, 6) is 0.702. The van der Waals surface area contributed by atoms with E-state index in [2.05, 4.69) is 16.0 Å². The Labute approximate surface area is 101 Å². The van der Waals surface area contributed by atoms with E-state index in [9.17, 15) is 0 Å². The molecule has 1 aromatic rings. The maximum atomic E-state index is 4.84. The third kappa shape index (κ3) is 2.14. The van der Waals surface area contributed by atoms with Crippen LogP contribution in [-0.2, 0) is 0 Å². The molecule has 2 N–H and O–H groups in total. The van der Waals surface area contributed by atoms with E-state index in [1.54, 1.807) is 0 Å². The van der Waals surface area contributed by atoms with Gasteiger partial charge in [-0.2, -0.15) is 0 Å². The molecule has 2 saturated heterocycles. The van der Waals surface area contributed by atoms with Gasteiger partial charge in [-0.3, -0.25) is 0 Å². The summed E-state index contributed by atoms with van der Waals surface area (Å²) in [5, 5.41) is 10.5. The molecule has 0 spiro atoms. The average Bonchev–Trinajstić information content (AvgIpc) is 3.01. The molecule has 2 fully saturated rings. The van der Waals surface area contributed by atoms with Crippen LogP contribution in [0.3, 0.4) is 0 Å². The van der Waals surface area contributed by atoms with Crippen LogP contribution in [0.4, 0.5) is 0 Å². The van der Waals surface area contributed by atoms with Crippen molar-refractivity contribution in [1.29, 1.82) is 0 Å². The number of hydrogen-bond acceptors (Lipinski definition) is 4. The van der Waals surface area contributed by atoms with Gasteiger partial charge in [0.15, 0.2) is 0 Å². The van der Waals surface area contributed by atoms with E-state index < -0.39 is 0 Å². The Morgan fingerprint density at radius 1 is 1.19 bits per heavy atom. The fourth-order valence-corrected chi connectivity index (χ4v) is 3.67. The Morgan fingerprint density at radius 2 is 2.06 bits per heavy atom. The number of thiazole rings is 1. The molecule has 3 heterocycles. The molecule has 0 radical (unpaired) electrons. The normalized spacial score (nSPS) is 27.4. The second-order valence-electron chi connectivity index (χ2n) is 4.78. The summed E-state index contributed by atoms with van der Waals surface area (Å²) < 4.78 is 0. The fourth-order valence-electron chi connectivity index (χ4n) is 2.66. The minimum absolute atomic E-state index is 0.542. The molecule has 0 amide bonds. The molecule has 0 aromatic carbocycles. The summed E-state index contributed by atoms with van der Waals surface area (Å²) in [6.07, 6.45) is 5.06. The Hall–Kier alpha value is -0.450. The standard InChI is InChI=1S/C12H19N3S/c1-2-10(14-5-1)12-15-11(8-16-12)9-3-6-13-7-4-9/h8-10,13-14H,1-7H2. The first-order chi connectivity index (χ1) is 7.93. The molecule has 2 aliphatic rings. The largest absolute Gasteiger partial charge is 0.317 e. The van der Waals surface area contributed by atoms with Crippen LogP contribution in [-0.4, -0.2) is 24.6 Å². The fraction of sp³-hybridized carbons (Fsp3) is 0.750. The molecule has 0 saturated carbocycles. The van der Waals surface area contributed by atoms with Crippen LogP contribution in [0.15, 0.2) is 5.38 Å². The Balaban J connectivity index is 1.71. The molecule has 88 valence electrons. The molecule has 16 heavy (non-hydrogen) atoms. The van der Waals surface area contributed by atoms with Crippen LogP contribution in [0.1, 0.15) is 48.3 Å². The maximum Gasteiger partial charge on any atom is 0.110 e. The molecule has 1 unspecified atom stereocenters. The van der Waals surface area contributed by atoms with E-state index in [0.717, 1.165) is 19.6 Å². The summed E-state index contributed by atoms with van der Waals surface area (Å²) in [6, 6.07) is 0.542. The van der Waals surface area contributed by atoms with Gasteiger partial charge < -0.3 is 10.6 Å². The van der Waals surface area contributed by atoms with Gasteiger partial charge in [0.2, 0.25) is 0 Å². The van der Waals surface area contributed by atoms with Crippen molar-refractivity contribution in [2.45, 2.75) is 37.6 Å². The van der Waals surface area contributed by atoms with Crippen LogP contribution >= 0.6 is 11.3 Å². The first-order valence-corrected chi connectivity index (χ1v) is 7.21. The molecule has 3 nitrogen and oxygen atoms in total. The lowest BCUT2D eigenvalue weighted by Gasteiger charge is -2.20. The van der Waals surface area contributed by atoms with Crippen LogP contribution in [0, 0.1) is 0 Å². The molecule has 0 aliphatic carbocycles. The molecule has 1 aromatic heterocycles. The molecular formula is C12H19N3S. The van der Waals surface area contributed by atoms with Gasteiger partial charge in [0.25, 0.3) is 0 Å². The number of nitrogens with one attached hydrogen (secondary N) is 2. The first-order valence-electron chi connectivity index (χ1n) is 6.33. The highest BCUT2D eigenvalue weighted by Crippen LogP contribution is 2.31. The van der Waals surface area contributed by atoms with Crippen LogP contribution in [0.5, 0.6) is 0 Å². The van der Waals surface area contributed by atoms with Crippen molar-refractivity contribution >= 4 is 11.3 Å². The number of aromatic nitrogens is 1. The van der Waals surface area contributed by atoms with Gasteiger partial charge in [-0.05, 0) is 45.3 Å². The van der Waals surface area contributed by atoms with Crippen molar-refractivity contribution in [2.24, 2.45) is 0 Å². The SMILES string of the molecule is c1sc(C2CCCN2)nc1C1CCNCC1. The van der Waals surface area contributed by atoms with Gasteiger partial charge >= 0.3 is 0 Å². The Bertz CT molecular complexity index is 338. The van der Waals surface area contributed by atoms with Crippen molar-refractivity contribution in [3.8, 4) is 0 Å². The van der Waals surface area contributed by atoms with E-state index >= 15 is 0 Å². The van der Waals surface area contributed by atoms with E-state index in [1.807, 2.05) is 11.3 Å². The molecule has 4 heteroatoms. The van der Waals surface area contributed by atoms with Gasteiger partial charge in [0.05, 0.1) is 11.7 Å². The van der Waals surface area contributed by atoms with E-state index in [-0.39, 0.29) is 0 Å². The summed E-state index contributed by atoms with van der Waals surface area (Å²) >= 11 is 1.85. The van der Waals surface area contributed by atoms with Crippen LogP contribution < -0.4 is 10.6 Å². The second-order valence-corrected chi connectivity index (χ2v) is 5.67. The number of piperidine rings is 1. The van der Waals surface area contributed by atoms with Gasteiger partial charge in [0.1, 0.15) is 5.01 Å². The lowest BCUT2D eigenvalue weighted by atomic mass is 9.95. The predicted molar refractivity (Wildman–Crippen MR) is 66.9 cm³/mol. The minimum Gasteiger partial charge on any atom is -0.317 e. The van der Waals surface area contributed by atoms with Crippen molar-refractivity contribution < 1.29 is 0 Å². The van der Waals surface area contributed by atoms with Crippen molar-refractivity contribution in [3.05, 3.63) is 16.1 Å².